The van der Waals surface area contributed by atoms with E-state index in [2.05, 4.69) is 5.32 Å². The number of hydrogen-bond acceptors (Lipinski definition) is 2. The van der Waals surface area contributed by atoms with E-state index in [0.717, 1.165) is 0 Å². The van der Waals surface area contributed by atoms with Crippen LogP contribution in [0.1, 0.15) is 6.92 Å². The number of nitrogens with zero attached hydrogens (tertiary/aromatic N) is 1. The molecule has 0 aliphatic rings. The molecule has 1 atom stereocenters. The highest BCUT2D eigenvalue weighted by atomic mass is 35.5. The molecule has 0 heterocycles. The van der Waals surface area contributed by atoms with Gasteiger partial charge >= 0.3 is 6.03 Å². The number of alkyl halides is 1. The molecular formula is C6H11ClN2O2. The normalized spacial score (nSPS) is 12.0. The van der Waals surface area contributed by atoms with Crippen molar-refractivity contribution in [2.45, 2.75) is 12.3 Å². The molecule has 0 fully saturated rings. The molecule has 0 saturated heterocycles. The Labute approximate surface area is 70.5 Å². The third-order valence-corrected chi connectivity index (χ3v) is 1.20. The summed E-state index contributed by atoms with van der Waals surface area (Å²) in [5, 5.41) is 1.41. The fraction of sp³-hybridized carbons (Fsp3) is 0.667. The maximum atomic E-state index is 10.8. The molecule has 0 spiro atoms. The number of nitrogens with one attached hydrogen (secondary N) is 1. The summed E-state index contributed by atoms with van der Waals surface area (Å²) >= 11 is 5.39. The summed E-state index contributed by atoms with van der Waals surface area (Å²) in [6, 6.07) is -0.456. The van der Waals surface area contributed by atoms with Crippen LogP contribution in [0.15, 0.2) is 0 Å². The van der Waals surface area contributed by atoms with Crippen molar-refractivity contribution in [3.05, 3.63) is 0 Å². The number of carbonyl (C=O) groups excluding carboxylic acids is 2. The van der Waals surface area contributed by atoms with Crippen LogP contribution in [0, 0.1) is 0 Å². The van der Waals surface area contributed by atoms with Crippen LogP contribution in [0.25, 0.3) is 0 Å². The van der Waals surface area contributed by atoms with Crippen LogP contribution in [0.5, 0.6) is 0 Å². The van der Waals surface area contributed by atoms with E-state index in [-0.39, 0.29) is 0 Å². The average molecular weight is 179 g/mol. The lowest BCUT2D eigenvalue weighted by Gasteiger charge is -2.11. The van der Waals surface area contributed by atoms with Crippen LogP contribution in [-0.2, 0) is 4.79 Å². The first-order valence-corrected chi connectivity index (χ1v) is 3.55. The van der Waals surface area contributed by atoms with Gasteiger partial charge in [0.25, 0.3) is 0 Å². The van der Waals surface area contributed by atoms with Crippen LogP contribution >= 0.6 is 11.6 Å². The lowest BCUT2D eigenvalue weighted by Crippen LogP contribution is -2.41. The van der Waals surface area contributed by atoms with Crippen LogP contribution in [0.3, 0.4) is 0 Å². The molecule has 3 amide bonds. The second kappa shape index (κ2) is 4.18. The Bertz CT molecular complexity index is 150. The van der Waals surface area contributed by atoms with Gasteiger partial charge in [-0.2, -0.15) is 0 Å². The molecule has 0 bridgehead atoms. The van der Waals surface area contributed by atoms with E-state index in [1.807, 2.05) is 0 Å². The maximum absolute atomic E-state index is 10.8. The summed E-state index contributed by atoms with van der Waals surface area (Å²) in [6.07, 6.45) is 0. The zero-order chi connectivity index (χ0) is 9.02. The van der Waals surface area contributed by atoms with E-state index in [9.17, 15) is 9.59 Å². The van der Waals surface area contributed by atoms with Crippen molar-refractivity contribution >= 4 is 23.5 Å². The number of amides is 3. The topological polar surface area (TPSA) is 49.4 Å². The molecule has 0 aromatic carbocycles. The van der Waals surface area contributed by atoms with E-state index >= 15 is 0 Å². The van der Waals surface area contributed by atoms with Crippen molar-refractivity contribution in [2.24, 2.45) is 0 Å². The number of imide groups is 1. The molecule has 0 aromatic heterocycles. The Kier molecular flexibility index (Phi) is 3.89. The largest absolute Gasteiger partial charge is 0.331 e. The van der Waals surface area contributed by atoms with E-state index < -0.39 is 17.3 Å². The molecule has 64 valence electrons. The molecule has 5 heteroatoms. The molecule has 11 heavy (non-hydrogen) atoms. The summed E-state index contributed by atoms with van der Waals surface area (Å²) in [5.41, 5.74) is 0. The number of halogens is 1. The molecule has 1 N–H and O–H groups in total. The lowest BCUT2D eigenvalue weighted by atomic mass is 10.4. The van der Waals surface area contributed by atoms with E-state index in [1.165, 1.54) is 11.8 Å². The first-order chi connectivity index (χ1) is 4.95. The smallest absolute Gasteiger partial charge is 0.323 e. The molecule has 0 aliphatic carbocycles. The summed E-state index contributed by atoms with van der Waals surface area (Å²) in [7, 11) is 3.09. The molecule has 0 radical (unpaired) electrons. The highest BCUT2D eigenvalue weighted by Gasteiger charge is 2.13. The summed E-state index contributed by atoms with van der Waals surface area (Å²) in [5.74, 6) is -0.481. The van der Waals surface area contributed by atoms with Crippen molar-refractivity contribution in [3.8, 4) is 0 Å². The standard InChI is InChI=1S/C6H11ClN2O2/c1-4(7)5(10)8-6(11)9(2)3/h4H,1-3H3,(H,8,10,11). The molecule has 0 saturated carbocycles. The van der Waals surface area contributed by atoms with Gasteiger partial charge < -0.3 is 4.90 Å². The molecule has 0 rings (SSSR count). The number of hydrogen-bond donors (Lipinski definition) is 1. The third-order valence-electron chi connectivity index (χ3n) is 0.998. The molecule has 0 aromatic rings. The second-order valence-corrected chi connectivity index (χ2v) is 2.96. The van der Waals surface area contributed by atoms with E-state index in [0.29, 0.717) is 0 Å². The van der Waals surface area contributed by atoms with Crippen molar-refractivity contribution in [3.63, 3.8) is 0 Å². The minimum atomic E-state index is -0.682. The van der Waals surface area contributed by atoms with Gasteiger partial charge in [0.15, 0.2) is 0 Å². The second-order valence-electron chi connectivity index (χ2n) is 2.30. The number of carbonyl (C=O) groups is 2. The molecular weight excluding hydrogens is 168 g/mol. The fourth-order valence-corrected chi connectivity index (χ4v) is 0.371. The van der Waals surface area contributed by atoms with Gasteiger partial charge in [-0.05, 0) is 6.92 Å². The molecule has 1 unspecified atom stereocenters. The van der Waals surface area contributed by atoms with Gasteiger partial charge in [-0.3, -0.25) is 10.1 Å². The van der Waals surface area contributed by atoms with Gasteiger partial charge in [-0.25, -0.2) is 4.79 Å². The van der Waals surface area contributed by atoms with Crippen LogP contribution in [0.2, 0.25) is 0 Å². The van der Waals surface area contributed by atoms with Gasteiger partial charge in [0.05, 0.1) is 0 Å². The van der Waals surface area contributed by atoms with Gasteiger partial charge in [0, 0.05) is 14.1 Å². The predicted molar refractivity (Wildman–Crippen MR) is 42.5 cm³/mol. The fourth-order valence-electron chi connectivity index (χ4n) is 0.317. The Morgan fingerprint density at radius 2 is 1.91 bits per heavy atom. The van der Waals surface area contributed by atoms with E-state index in [4.69, 9.17) is 11.6 Å². The number of rotatable bonds is 1. The Balaban J connectivity index is 3.86. The molecule has 4 nitrogen and oxygen atoms in total. The van der Waals surface area contributed by atoms with Crippen LogP contribution in [0.4, 0.5) is 4.79 Å². The predicted octanol–water partition coefficient (Wildman–Crippen LogP) is 0.412. The van der Waals surface area contributed by atoms with Crippen molar-refractivity contribution in [1.29, 1.82) is 0 Å². The van der Waals surface area contributed by atoms with Crippen molar-refractivity contribution in [2.75, 3.05) is 14.1 Å². The van der Waals surface area contributed by atoms with Gasteiger partial charge in [-0.15, -0.1) is 11.6 Å². The summed E-state index contributed by atoms with van der Waals surface area (Å²) < 4.78 is 0. The minimum absolute atomic E-state index is 0.456. The Morgan fingerprint density at radius 3 is 2.18 bits per heavy atom. The first kappa shape index (κ1) is 10.2. The summed E-state index contributed by atoms with van der Waals surface area (Å²) in [6.45, 7) is 1.50. The quantitative estimate of drug-likeness (QED) is 0.592. The first-order valence-electron chi connectivity index (χ1n) is 3.11. The zero-order valence-electron chi connectivity index (χ0n) is 6.72. The van der Waals surface area contributed by atoms with E-state index in [1.54, 1.807) is 14.1 Å². The van der Waals surface area contributed by atoms with Crippen molar-refractivity contribution in [1.82, 2.24) is 10.2 Å². The Morgan fingerprint density at radius 1 is 1.45 bits per heavy atom. The van der Waals surface area contributed by atoms with Gasteiger partial charge in [-0.1, -0.05) is 0 Å². The zero-order valence-corrected chi connectivity index (χ0v) is 7.47. The third kappa shape index (κ3) is 3.83. The summed E-state index contributed by atoms with van der Waals surface area (Å²) in [4.78, 5) is 22.8. The monoisotopic (exact) mass is 178 g/mol. The maximum Gasteiger partial charge on any atom is 0.323 e. The highest BCUT2D eigenvalue weighted by Crippen LogP contribution is 1.92. The minimum Gasteiger partial charge on any atom is -0.331 e. The van der Waals surface area contributed by atoms with Gasteiger partial charge in [0.2, 0.25) is 5.91 Å². The van der Waals surface area contributed by atoms with Crippen molar-refractivity contribution < 1.29 is 9.59 Å². The van der Waals surface area contributed by atoms with Crippen LogP contribution < -0.4 is 5.32 Å². The number of urea groups is 1. The molecule has 0 aliphatic heterocycles. The average Bonchev–Trinajstić information content (AvgIpc) is 1.87. The van der Waals surface area contributed by atoms with Gasteiger partial charge in [0.1, 0.15) is 5.38 Å². The SMILES string of the molecule is CC(Cl)C(=O)NC(=O)N(C)C. The highest BCUT2D eigenvalue weighted by molar-refractivity contribution is 6.31. The van der Waals surface area contributed by atoms with Crippen LogP contribution in [-0.4, -0.2) is 36.3 Å². The Hall–Kier alpha value is -0.770. The lowest BCUT2D eigenvalue weighted by molar-refractivity contribution is -0.119.